The molecule has 2 radical (unpaired) electrons. The highest BCUT2D eigenvalue weighted by Gasteiger charge is 2.24. The molecule has 0 atom stereocenters. The maximum atomic E-state index is 2.42. The average Bonchev–Trinajstić information content (AvgIpc) is 2.73. The molecule has 2 aromatic rings. The van der Waals surface area contributed by atoms with E-state index < -0.39 is 0 Å². The van der Waals surface area contributed by atoms with Crippen LogP contribution in [0.15, 0.2) is 36.4 Å². The van der Waals surface area contributed by atoms with E-state index in [9.17, 15) is 0 Å². The van der Waals surface area contributed by atoms with Crippen LogP contribution in [-0.4, -0.2) is 9.52 Å². The Balaban J connectivity index is 2.06. The van der Waals surface area contributed by atoms with Crippen LogP contribution < -0.4 is 10.4 Å². The minimum atomic E-state index is 0.227. The normalized spacial score (nSPS) is 14.0. The van der Waals surface area contributed by atoms with Gasteiger partial charge in [0.1, 0.15) is 9.52 Å². The molecule has 0 amide bonds. The molecule has 108 valence electrons. The lowest BCUT2D eigenvalue weighted by Crippen LogP contribution is -2.24. The molecule has 0 spiro atoms. The molecule has 0 saturated carbocycles. The predicted octanol–water partition coefficient (Wildman–Crippen LogP) is 3.92. The summed E-state index contributed by atoms with van der Waals surface area (Å²) in [6, 6.07) is 14.1. The van der Waals surface area contributed by atoms with E-state index in [1.807, 2.05) is 0 Å². The van der Waals surface area contributed by atoms with Crippen LogP contribution in [0.3, 0.4) is 0 Å². The molecule has 0 N–H and O–H groups in total. The number of fused-ring (bicyclic) bond motifs is 3. The van der Waals surface area contributed by atoms with Gasteiger partial charge in [-0.05, 0) is 33.1 Å². The van der Waals surface area contributed by atoms with E-state index in [1.54, 1.807) is 0 Å². The zero-order valence-corrected chi connectivity index (χ0v) is 15.0. The van der Waals surface area contributed by atoms with Gasteiger partial charge in [0.15, 0.2) is 0 Å². The standard InChI is InChI=1S/C20H24Si/c1-19(2,3)13-7-9-15-16-10-8-14(20(4,5)6)12-18(16)21-17(15)11-13/h7-12H,1-6H3. The number of benzene rings is 2. The topological polar surface area (TPSA) is 0 Å². The lowest BCUT2D eigenvalue weighted by atomic mass is 9.85. The van der Waals surface area contributed by atoms with E-state index in [0.717, 1.165) is 9.52 Å². The molecule has 1 heterocycles. The maximum absolute atomic E-state index is 2.42. The number of hydrogen-bond acceptors (Lipinski definition) is 0. The molecule has 1 heteroatoms. The van der Waals surface area contributed by atoms with Gasteiger partial charge in [-0.1, -0.05) is 88.3 Å². The van der Waals surface area contributed by atoms with Crippen LogP contribution in [0.4, 0.5) is 0 Å². The van der Waals surface area contributed by atoms with Crippen molar-refractivity contribution in [3.63, 3.8) is 0 Å². The molecular weight excluding hydrogens is 268 g/mol. The van der Waals surface area contributed by atoms with Crippen molar-refractivity contribution < 1.29 is 0 Å². The van der Waals surface area contributed by atoms with Gasteiger partial charge in [0.05, 0.1) is 0 Å². The fourth-order valence-corrected chi connectivity index (χ4v) is 4.29. The van der Waals surface area contributed by atoms with Gasteiger partial charge in [0, 0.05) is 0 Å². The summed E-state index contributed by atoms with van der Waals surface area (Å²) in [5.74, 6) is 0. The Morgan fingerprint density at radius 2 is 1.00 bits per heavy atom. The lowest BCUT2D eigenvalue weighted by molar-refractivity contribution is 0.590. The van der Waals surface area contributed by atoms with E-state index in [2.05, 4.69) is 77.9 Å². The van der Waals surface area contributed by atoms with Crippen LogP contribution >= 0.6 is 0 Å². The zero-order valence-electron chi connectivity index (χ0n) is 14.0. The summed E-state index contributed by atoms with van der Waals surface area (Å²) in [5, 5.41) is 3.03. The third-order valence-corrected chi connectivity index (χ3v) is 5.70. The third-order valence-electron chi connectivity index (χ3n) is 4.33. The summed E-state index contributed by atoms with van der Waals surface area (Å²) in [7, 11) is 0.802. The molecule has 0 fully saturated rings. The Hall–Kier alpha value is -1.34. The smallest absolute Gasteiger partial charge is 0.0587 e. The Bertz CT molecular complexity index is 635. The van der Waals surface area contributed by atoms with Gasteiger partial charge in [0.25, 0.3) is 0 Å². The fourth-order valence-electron chi connectivity index (χ4n) is 2.84. The van der Waals surface area contributed by atoms with Crippen LogP contribution in [0.25, 0.3) is 11.1 Å². The Morgan fingerprint density at radius 3 is 1.33 bits per heavy atom. The highest BCUT2D eigenvalue weighted by Crippen LogP contribution is 2.29. The van der Waals surface area contributed by atoms with Crippen molar-refractivity contribution in [2.45, 2.75) is 52.4 Å². The van der Waals surface area contributed by atoms with Gasteiger partial charge < -0.3 is 0 Å². The van der Waals surface area contributed by atoms with Gasteiger partial charge in [-0.25, -0.2) is 0 Å². The summed E-state index contributed by atoms with van der Waals surface area (Å²) in [4.78, 5) is 0. The molecule has 1 aliphatic rings. The second kappa shape index (κ2) is 4.57. The molecule has 0 saturated heterocycles. The summed E-state index contributed by atoms with van der Waals surface area (Å²) in [6.07, 6.45) is 0. The quantitative estimate of drug-likeness (QED) is 0.551. The minimum absolute atomic E-state index is 0.227. The van der Waals surface area contributed by atoms with Crippen molar-refractivity contribution in [3.05, 3.63) is 47.5 Å². The van der Waals surface area contributed by atoms with Crippen LogP contribution in [0, 0.1) is 0 Å². The minimum Gasteiger partial charge on any atom is -0.0587 e. The predicted molar refractivity (Wildman–Crippen MR) is 94.3 cm³/mol. The molecule has 21 heavy (non-hydrogen) atoms. The van der Waals surface area contributed by atoms with Gasteiger partial charge in [-0.3, -0.25) is 0 Å². The molecule has 2 aromatic carbocycles. The van der Waals surface area contributed by atoms with Gasteiger partial charge in [-0.15, -0.1) is 0 Å². The highest BCUT2D eigenvalue weighted by atomic mass is 28.2. The maximum Gasteiger partial charge on any atom is 0.123 e. The van der Waals surface area contributed by atoms with E-state index in [-0.39, 0.29) is 10.8 Å². The highest BCUT2D eigenvalue weighted by molar-refractivity contribution is 6.73. The first-order valence-electron chi connectivity index (χ1n) is 7.73. The third kappa shape index (κ3) is 2.60. The molecule has 0 nitrogen and oxygen atoms in total. The lowest BCUT2D eigenvalue weighted by Gasteiger charge is -2.20. The van der Waals surface area contributed by atoms with Crippen LogP contribution in [-0.2, 0) is 10.8 Å². The van der Waals surface area contributed by atoms with Gasteiger partial charge >= 0.3 is 0 Å². The summed E-state index contributed by atoms with van der Waals surface area (Å²) in [6.45, 7) is 13.7. The van der Waals surface area contributed by atoms with Crippen molar-refractivity contribution in [2.24, 2.45) is 0 Å². The first-order valence-corrected chi connectivity index (χ1v) is 8.73. The molecule has 0 unspecified atom stereocenters. The van der Waals surface area contributed by atoms with E-state index >= 15 is 0 Å². The summed E-state index contributed by atoms with van der Waals surface area (Å²) < 4.78 is 0. The van der Waals surface area contributed by atoms with Crippen LogP contribution in [0.2, 0.25) is 0 Å². The second-order valence-electron chi connectivity index (χ2n) is 8.15. The van der Waals surface area contributed by atoms with E-state index in [4.69, 9.17) is 0 Å². The number of rotatable bonds is 0. The van der Waals surface area contributed by atoms with Crippen molar-refractivity contribution in [1.82, 2.24) is 0 Å². The summed E-state index contributed by atoms with van der Waals surface area (Å²) >= 11 is 0. The van der Waals surface area contributed by atoms with E-state index in [0.29, 0.717) is 0 Å². The first-order chi connectivity index (χ1) is 9.66. The molecule has 0 bridgehead atoms. The van der Waals surface area contributed by atoms with Crippen molar-refractivity contribution in [2.75, 3.05) is 0 Å². The largest absolute Gasteiger partial charge is 0.123 e. The summed E-state index contributed by atoms with van der Waals surface area (Å²) in [5.41, 5.74) is 6.22. The van der Waals surface area contributed by atoms with Crippen LogP contribution in [0.5, 0.6) is 0 Å². The Labute approximate surface area is 131 Å². The molecular formula is C20H24Si. The number of hydrogen-bond donors (Lipinski definition) is 0. The SMILES string of the molecule is CC(C)(C)c1ccc2c(c1)[Si]c1cc(C(C)(C)C)ccc1-2. The van der Waals surface area contributed by atoms with Crippen molar-refractivity contribution in [3.8, 4) is 11.1 Å². The average molecular weight is 292 g/mol. The second-order valence-corrected chi connectivity index (χ2v) is 9.47. The monoisotopic (exact) mass is 292 g/mol. The van der Waals surface area contributed by atoms with Crippen molar-refractivity contribution >= 4 is 19.9 Å². The molecule has 0 aromatic heterocycles. The first kappa shape index (κ1) is 14.6. The fraction of sp³-hybridized carbons (Fsp3) is 0.400. The van der Waals surface area contributed by atoms with Gasteiger partial charge in [0.2, 0.25) is 0 Å². The van der Waals surface area contributed by atoms with E-state index in [1.165, 1.54) is 32.6 Å². The molecule has 1 aliphatic heterocycles. The molecule has 0 aliphatic carbocycles. The Morgan fingerprint density at radius 1 is 0.619 bits per heavy atom. The van der Waals surface area contributed by atoms with Crippen LogP contribution in [0.1, 0.15) is 52.7 Å². The molecule has 3 rings (SSSR count). The van der Waals surface area contributed by atoms with Gasteiger partial charge in [-0.2, -0.15) is 0 Å². The van der Waals surface area contributed by atoms with Crippen molar-refractivity contribution in [1.29, 1.82) is 0 Å². The zero-order chi connectivity index (χ0) is 15.4. The Kier molecular flexibility index (Phi) is 3.18.